The normalized spacial score (nSPS) is 32.3. The van der Waals surface area contributed by atoms with E-state index in [2.05, 4.69) is 6.92 Å². The van der Waals surface area contributed by atoms with E-state index in [4.69, 9.17) is 11.5 Å². The Labute approximate surface area is 97.4 Å². The monoisotopic (exact) mass is 228 g/mol. The molecule has 4 nitrogen and oxygen atoms in total. The summed E-state index contributed by atoms with van der Waals surface area (Å²) >= 11 is 0. The molecule has 0 aromatic rings. The largest absolute Gasteiger partial charge is 0.481 e. The number of carboxylic acid groups (broad SMARTS) is 1. The predicted molar refractivity (Wildman–Crippen MR) is 64.0 cm³/mol. The van der Waals surface area contributed by atoms with Gasteiger partial charge in [0.05, 0.1) is 5.92 Å². The summed E-state index contributed by atoms with van der Waals surface area (Å²) in [7, 11) is 0. The first-order valence-electron chi connectivity index (χ1n) is 6.29. The summed E-state index contributed by atoms with van der Waals surface area (Å²) in [5.41, 5.74) is 11.6. The molecule has 0 saturated heterocycles. The molecule has 1 fully saturated rings. The van der Waals surface area contributed by atoms with Gasteiger partial charge in [0.2, 0.25) is 0 Å². The number of rotatable bonds is 5. The molecule has 94 valence electrons. The Hall–Kier alpha value is -0.610. The van der Waals surface area contributed by atoms with E-state index in [1.807, 2.05) is 0 Å². The Balaban J connectivity index is 2.77. The van der Waals surface area contributed by atoms with E-state index in [1.165, 1.54) is 0 Å². The van der Waals surface area contributed by atoms with Gasteiger partial charge in [-0.25, -0.2) is 0 Å². The average molecular weight is 228 g/mol. The van der Waals surface area contributed by atoms with Crippen molar-refractivity contribution in [3.63, 3.8) is 0 Å². The molecule has 0 heterocycles. The number of carboxylic acids is 1. The summed E-state index contributed by atoms with van der Waals surface area (Å²) < 4.78 is 0. The van der Waals surface area contributed by atoms with Gasteiger partial charge in [-0.1, -0.05) is 32.6 Å². The van der Waals surface area contributed by atoms with Crippen LogP contribution in [-0.2, 0) is 4.79 Å². The van der Waals surface area contributed by atoms with Crippen molar-refractivity contribution in [2.24, 2.45) is 17.4 Å². The van der Waals surface area contributed by atoms with Crippen molar-refractivity contribution < 1.29 is 9.90 Å². The fraction of sp³-hybridized carbons (Fsp3) is 0.917. The number of carbonyl (C=O) groups is 1. The molecule has 0 aromatic heterocycles. The number of nitrogens with two attached hydrogens (primary N) is 2. The second-order valence-electron chi connectivity index (χ2n) is 5.00. The highest BCUT2D eigenvalue weighted by atomic mass is 16.4. The lowest BCUT2D eigenvalue weighted by molar-refractivity contribution is -0.145. The summed E-state index contributed by atoms with van der Waals surface area (Å²) in [4.78, 5) is 11.3. The van der Waals surface area contributed by atoms with Crippen LogP contribution in [0.2, 0.25) is 0 Å². The number of hydrogen-bond donors (Lipinski definition) is 3. The molecule has 0 bridgehead atoms. The first-order valence-corrected chi connectivity index (χ1v) is 6.29. The lowest BCUT2D eigenvalue weighted by atomic mass is 9.69. The van der Waals surface area contributed by atoms with Crippen molar-refractivity contribution in [3.8, 4) is 0 Å². The summed E-state index contributed by atoms with van der Waals surface area (Å²) in [6.45, 7) is 2.06. The number of hydrogen-bond acceptors (Lipinski definition) is 3. The molecule has 1 aliphatic rings. The van der Waals surface area contributed by atoms with Crippen molar-refractivity contribution in [3.05, 3.63) is 0 Å². The molecule has 0 amide bonds. The van der Waals surface area contributed by atoms with Gasteiger partial charge in [0.25, 0.3) is 0 Å². The molecule has 1 saturated carbocycles. The summed E-state index contributed by atoms with van der Waals surface area (Å²) in [5, 5.41) is 9.30. The smallest absolute Gasteiger partial charge is 0.308 e. The van der Waals surface area contributed by atoms with Gasteiger partial charge in [-0.3, -0.25) is 4.79 Å². The topological polar surface area (TPSA) is 89.3 Å². The lowest BCUT2D eigenvalue weighted by Gasteiger charge is -2.43. The highest BCUT2D eigenvalue weighted by Gasteiger charge is 2.45. The first-order chi connectivity index (χ1) is 7.52. The van der Waals surface area contributed by atoms with E-state index in [-0.39, 0.29) is 6.04 Å². The summed E-state index contributed by atoms with van der Waals surface area (Å²) in [5.74, 6) is -1.27. The molecular weight excluding hydrogens is 204 g/mol. The molecule has 0 aromatic carbocycles. The fourth-order valence-corrected chi connectivity index (χ4v) is 2.71. The lowest BCUT2D eigenvalue weighted by Crippen LogP contribution is -2.63. The minimum Gasteiger partial charge on any atom is -0.481 e. The first kappa shape index (κ1) is 13.5. The number of aliphatic carboxylic acids is 1. The minimum absolute atomic E-state index is 0.167. The Morgan fingerprint density at radius 2 is 2.25 bits per heavy atom. The van der Waals surface area contributed by atoms with Crippen molar-refractivity contribution in [1.82, 2.24) is 0 Å². The second kappa shape index (κ2) is 5.64. The highest BCUT2D eigenvalue weighted by molar-refractivity contribution is 5.72. The molecule has 0 aliphatic heterocycles. The maximum atomic E-state index is 11.3. The molecule has 4 heteroatoms. The van der Waals surface area contributed by atoms with Crippen molar-refractivity contribution in [2.45, 2.75) is 63.5 Å². The van der Waals surface area contributed by atoms with Gasteiger partial charge in [-0.15, -0.1) is 0 Å². The van der Waals surface area contributed by atoms with E-state index in [0.29, 0.717) is 6.42 Å². The predicted octanol–water partition coefficient (Wildman–Crippen LogP) is 1.48. The van der Waals surface area contributed by atoms with Crippen LogP contribution in [0.5, 0.6) is 0 Å². The highest BCUT2D eigenvalue weighted by Crippen LogP contribution is 2.34. The van der Waals surface area contributed by atoms with Crippen molar-refractivity contribution in [2.75, 3.05) is 0 Å². The van der Waals surface area contributed by atoms with Crippen LogP contribution in [0.25, 0.3) is 0 Å². The van der Waals surface area contributed by atoms with Gasteiger partial charge in [0, 0.05) is 11.6 Å². The van der Waals surface area contributed by atoms with E-state index in [1.54, 1.807) is 0 Å². The summed E-state index contributed by atoms with van der Waals surface area (Å²) in [6, 6.07) is -0.167. The Bertz CT molecular complexity index is 245. The maximum Gasteiger partial charge on any atom is 0.308 e. The van der Waals surface area contributed by atoms with Crippen LogP contribution >= 0.6 is 0 Å². The van der Waals surface area contributed by atoms with E-state index < -0.39 is 17.4 Å². The Morgan fingerprint density at radius 1 is 1.56 bits per heavy atom. The molecule has 5 N–H and O–H groups in total. The third kappa shape index (κ3) is 2.74. The zero-order chi connectivity index (χ0) is 12.2. The van der Waals surface area contributed by atoms with Gasteiger partial charge in [0.1, 0.15) is 0 Å². The molecular formula is C12H24N2O2. The molecule has 0 spiro atoms. The van der Waals surface area contributed by atoms with Gasteiger partial charge in [-0.2, -0.15) is 0 Å². The minimum atomic E-state index is -0.784. The Morgan fingerprint density at radius 3 is 2.75 bits per heavy atom. The molecule has 16 heavy (non-hydrogen) atoms. The Kier molecular flexibility index (Phi) is 4.74. The quantitative estimate of drug-likeness (QED) is 0.665. The van der Waals surface area contributed by atoms with Crippen LogP contribution in [-0.4, -0.2) is 22.7 Å². The van der Waals surface area contributed by atoms with E-state index >= 15 is 0 Å². The zero-order valence-electron chi connectivity index (χ0n) is 10.1. The second-order valence-corrected chi connectivity index (χ2v) is 5.00. The standard InChI is InChI=1S/C12H24N2O2/c1-2-3-6-9(11(15)16)12(14)8-5-4-7-10(12)13/h9-10H,2-8,13-14H2,1H3,(H,15,16). The molecule has 1 aliphatic carbocycles. The fourth-order valence-electron chi connectivity index (χ4n) is 2.71. The summed E-state index contributed by atoms with van der Waals surface area (Å²) in [6.07, 6.45) is 6.22. The zero-order valence-corrected chi connectivity index (χ0v) is 10.1. The van der Waals surface area contributed by atoms with Crippen LogP contribution < -0.4 is 11.5 Å². The van der Waals surface area contributed by atoms with E-state index in [0.717, 1.165) is 38.5 Å². The third-order valence-electron chi connectivity index (χ3n) is 3.86. The van der Waals surface area contributed by atoms with E-state index in [9.17, 15) is 9.90 Å². The van der Waals surface area contributed by atoms with Crippen molar-refractivity contribution in [1.29, 1.82) is 0 Å². The molecule has 0 radical (unpaired) electrons. The maximum absolute atomic E-state index is 11.3. The SMILES string of the molecule is CCCCC(C(=O)O)C1(N)CCCCC1N. The van der Waals surface area contributed by atoms with Crippen LogP contribution in [0, 0.1) is 5.92 Å². The van der Waals surface area contributed by atoms with Crippen LogP contribution in [0.3, 0.4) is 0 Å². The van der Waals surface area contributed by atoms with Gasteiger partial charge >= 0.3 is 5.97 Å². The molecule has 3 unspecified atom stereocenters. The van der Waals surface area contributed by atoms with Gasteiger partial charge in [0.15, 0.2) is 0 Å². The van der Waals surface area contributed by atoms with Gasteiger partial charge < -0.3 is 16.6 Å². The average Bonchev–Trinajstić information content (AvgIpc) is 2.23. The van der Waals surface area contributed by atoms with Crippen LogP contribution in [0.1, 0.15) is 51.9 Å². The third-order valence-corrected chi connectivity index (χ3v) is 3.86. The molecule has 1 rings (SSSR count). The van der Waals surface area contributed by atoms with Crippen LogP contribution in [0.4, 0.5) is 0 Å². The van der Waals surface area contributed by atoms with Gasteiger partial charge in [-0.05, 0) is 19.3 Å². The van der Waals surface area contributed by atoms with Crippen LogP contribution in [0.15, 0.2) is 0 Å². The van der Waals surface area contributed by atoms with Crippen molar-refractivity contribution >= 4 is 5.97 Å². The molecule has 3 atom stereocenters. The number of unbranched alkanes of at least 4 members (excludes halogenated alkanes) is 1.